The summed E-state index contributed by atoms with van der Waals surface area (Å²) in [6.45, 7) is 5.58. The number of aromatic nitrogens is 2. The highest BCUT2D eigenvalue weighted by molar-refractivity contribution is 6.15. The highest BCUT2D eigenvalue weighted by Gasteiger charge is 2.22. The number of nitrogens with zero attached hydrogens (tertiary/aromatic N) is 2. The lowest BCUT2D eigenvalue weighted by Crippen LogP contribution is -2.32. The standard InChI is InChI=1S/C25H23FN4O3/c1-4-14(2)27-23(31)17-10-6-8-12-20(17)28-24(32)18-13-21(16-9-5-7-11-19(16)26)29-25-22(18)15(3)30-33-25/h5-14H,4H2,1-3H3,(H,27,31)(H,28,32). The van der Waals surface area contributed by atoms with Gasteiger partial charge < -0.3 is 15.2 Å². The summed E-state index contributed by atoms with van der Waals surface area (Å²) >= 11 is 0. The van der Waals surface area contributed by atoms with Gasteiger partial charge in [-0.3, -0.25) is 9.59 Å². The second-order valence-corrected chi connectivity index (χ2v) is 7.77. The van der Waals surface area contributed by atoms with Gasteiger partial charge in [0.15, 0.2) is 0 Å². The number of aryl methyl sites for hydroxylation is 1. The van der Waals surface area contributed by atoms with E-state index in [-0.39, 0.29) is 34.5 Å². The van der Waals surface area contributed by atoms with E-state index in [1.54, 1.807) is 49.4 Å². The number of carbonyl (C=O) groups is 2. The number of benzene rings is 2. The van der Waals surface area contributed by atoms with E-state index in [0.717, 1.165) is 6.42 Å². The fourth-order valence-electron chi connectivity index (χ4n) is 3.46. The van der Waals surface area contributed by atoms with Gasteiger partial charge in [-0.1, -0.05) is 36.3 Å². The van der Waals surface area contributed by atoms with Crippen molar-refractivity contribution in [3.8, 4) is 11.3 Å². The monoisotopic (exact) mass is 446 g/mol. The molecule has 4 rings (SSSR count). The van der Waals surface area contributed by atoms with Gasteiger partial charge in [0.2, 0.25) is 0 Å². The minimum absolute atomic E-state index is 0.0101. The SMILES string of the molecule is CCC(C)NC(=O)c1ccccc1NC(=O)c1cc(-c2ccccc2F)nc2onc(C)c12. The summed E-state index contributed by atoms with van der Waals surface area (Å²) in [5, 5.41) is 10.1. The van der Waals surface area contributed by atoms with Crippen molar-refractivity contribution >= 4 is 28.6 Å². The van der Waals surface area contributed by atoms with E-state index in [9.17, 15) is 14.0 Å². The number of fused-ring (bicyclic) bond motifs is 1. The topological polar surface area (TPSA) is 97.1 Å². The number of rotatable bonds is 6. The molecule has 0 saturated carbocycles. The zero-order valence-electron chi connectivity index (χ0n) is 18.5. The molecule has 0 aliphatic rings. The Morgan fingerprint density at radius 3 is 2.55 bits per heavy atom. The predicted molar refractivity (Wildman–Crippen MR) is 124 cm³/mol. The molecule has 0 radical (unpaired) electrons. The molecule has 2 aromatic heterocycles. The third kappa shape index (κ3) is 4.45. The Labute approximate surface area is 190 Å². The number of pyridine rings is 1. The molecule has 8 heteroatoms. The summed E-state index contributed by atoms with van der Waals surface area (Å²) < 4.78 is 19.7. The van der Waals surface area contributed by atoms with Crippen molar-refractivity contribution in [1.82, 2.24) is 15.5 Å². The van der Waals surface area contributed by atoms with Gasteiger partial charge in [0.25, 0.3) is 17.5 Å². The van der Waals surface area contributed by atoms with Gasteiger partial charge in [-0.15, -0.1) is 0 Å². The summed E-state index contributed by atoms with van der Waals surface area (Å²) in [4.78, 5) is 30.4. The van der Waals surface area contributed by atoms with Crippen LogP contribution in [0.3, 0.4) is 0 Å². The lowest BCUT2D eigenvalue weighted by atomic mass is 10.0. The summed E-state index contributed by atoms with van der Waals surface area (Å²) in [7, 11) is 0. The summed E-state index contributed by atoms with van der Waals surface area (Å²) in [5.74, 6) is -1.25. The van der Waals surface area contributed by atoms with Gasteiger partial charge in [0.05, 0.1) is 33.6 Å². The van der Waals surface area contributed by atoms with Crippen molar-refractivity contribution in [3.63, 3.8) is 0 Å². The van der Waals surface area contributed by atoms with E-state index in [4.69, 9.17) is 4.52 Å². The van der Waals surface area contributed by atoms with Gasteiger partial charge in [0, 0.05) is 11.6 Å². The maximum Gasteiger partial charge on any atom is 0.259 e. The van der Waals surface area contributed by atoms with E-state index in [0.29, 0.717) is 22.3 Å². The molecule has 168 valence electrons. The molecule has 2 N–H and O–H groups in total. The van der Waals surface area contributed by atoms with Crippen LogP contribution >= 0.6 is 0 Å². The van der Waals surface area contributed by atoms with Gasteiger partial charge in [-0.05, 0) is 50.6 Å². The Hall–Kier alpha value is -4.07. The van der Waals surface area contributed by atoms with Crippen LogP contribution in [-0.4, -0.2) is 28.0 Å². The first kappa shape index (κ1) is 22.1. The Bertz CT molecular complexity index is 1350. The number of anilines is 1. The molecule has 0 saturated heterocycles. The number of para-hydroxylation sites is 1. The smallest absolute Gasteiger partial charge is 0.259 e. The maximum atomic E-state index is 14.4. The highest BCUT2D eigenvalue weighted by atomic mass is 19.1. The molecule has 7 nitrogen and oxygen atoms in total. The lowest BCUT2D eigenvalue weighted by Gasteiger charge is -2.15. The van der Waals surface area contributed by atoms with Crippen LogP contribution in [0.4, 0.5) is 10.1 Å². The largest absolute Gasteiger partial charge is 0.350 e. The first-order valence-corrected chi connectivity index (χ1v) is 10.6. The van der Waals surface area contributed by atoms with Crippen LogP contribution in [0.5, 0.6) is 0 Å². The number of halogens is 1. The minimum atomic E-state index is -0.491. The average Bonchev–Trinajstić information content (AvgIpc) is 3.19. The lowest BCUT2D eigenvalue weighted by molar-refractivity contribution is 0.0940. The first-order valence-electron chi connectivity index (χ1n) is 10.6. The maximum absolute atomic E-state index is 14.4. The van der Waals surface area contributed by atoms with Crippen molar-refractivity contribution in [2.24, 2.45) is 0 Å². The molecular formula is C25H23FN4O3. The third-order valence-corrected chi connectivity index (χ3v) is 5.42. The molecule has 1 atom stereocenters. The van der Waals surface area contributed by atoms with Gasteiger partial charge in [-0.25, -0.2) is 9.37 Å². The van der Waals surface area contributed by atoms with E-state index in [2.05, 4.69) is 20.8 Å². The van der Waals surface area contributed by atoms with Crippen LogP contribution in [0.1, 0.15) is 46.7 Å². The molecular weight excluding hydrogens is 423 g/mol. The molecule has 33 heavy (non-hydrogen) atoms. The fraction of sp³-hybridized carbons (Fsp3) is 0.200. The average molecular weight is 446 g/mol. The number of carbonyl (C=O) groups excluding carboxylic acids is 2. The van der Waals surface area contributed by atoms with Crippen molar-refractivity contribution < 1.29 is 18.5 Å². The van der Waals surface area contributed by atoms with Crippen LogP contribution < -0.4 is 10.6 Å². The number of amides is 2. The second-order valence-electron chi connectivity index (χ2n) is 7.77. The molecule has 4 aromatic rings. The van der Waals surface area contributed by atoms with Gasteiger partial charge in [0.1, 0.15) is 5.82 Å². The molecule has 0 fully saturated rings. The zero-order chi connectivity index (χ0) is 23.5. The van der Waals surface area contributed by atoms with E-state index in [1.807, 2.05) is 13.8 Å². The van der Waals surface area contributed by atoms with Crippen LogP contribution in [0.25, 0.3) is 22.4 Å². The third-order valence-electron chi connectivity index (χ3n) is 5.42. The zero-order valence-corrected chi connectivity index (χ0v) is 18.5. The van der Waals surface area contributed by atoms with Crippen molar-refractivity contribution in [1.29, 1.82) is 0 Å². The first-order chi connectivity index (χ1) is 15.9. The number of nitrogens with one attached hydrogen (secondary N) is 2. The summed E-state index contributed by atoms with van der Waals surface area (Å²) in [5.41, 5.74) is 1.99. The Kier molecular flexibility index (Phi) is 6.17. The number of hydrogen-bond donors (Lipinski definition) is 2. The van der Waals surface area contributed by atoms with Gasteiger partial charge in [-0.2, -0.15) is 0 Å². The molecule has 2 amide bonds. The molecule has 0 spiro atoms. The van der Waals surface area contributed by atoms with E-state index >= 15 is 0 Å². The molecule has 2 aromatic carbocycles. The normalized spacial score (nSPS) is 11.9. The van der Waals surface area contributed by atoms with E-state index in [1.165, 1.54) is 12.1 Å². The minimum Gasteiger partial charge on any atom is -0.350 e. The molecule has 1 unspecified atom stereocenters. The van der Waals surface area contributed by atoms with Crippen molar-refractivity contribution in [3.05, 3.63) is 77.2 Å². The highest BCUT2D eigenvalue weighted by Crippen LogP contribution is 2.29. The van der Waals surface area contributed by atoms with Crippen LogP contribution in [0.15, 0.2) is 59.1 Å². The van der Waals surface area contributed by atoms with Crippen molar-refractivity contribution in [2.75, 3.05) is 5.32 Å². The molecule has 2 heterocycles. The number of hydrogen-bond acceptors (Lipinski definition) is 5. The Balaban J connectivity index is 1.75. The van der Waals surface area contributed by atoms with Crippen LogP contribution in [0, 0.1) is 12.7 Å². The second kappa shape index (κ2) is 9.20. The molecule has 0 bridgehead atoms. The fourth-order valence-corrected chi connectivity index (χ4v) is 3.46. The summed E-state index contributed by atoms with van der Waals surface area (Å²) in [6, 6.07) is 14.4. The molecule has 0 aliphatic heterocycles. The van der Waals surface area contributed by atoms with Crippen LogP contribution in [0.2, 0.25) is 0 Å². The Morgan fingerprint density at radius 1 is 1.06 bits per heavy atom. The van der Waals surface area contributed by atoms with Crippen LogP contribution in [-0.2, 0) is 0 Å². The Morgan fingerprint density at radius 2 is 1.79 bits per heavy atom. The summed E-state index contributed by atoms with van der Waals surface area (Å²) in [6.07, 6.45) is 0.779. The predicted octanol–water partition coefficient (Wildman–Crippen LogP) is 5.12. The van der Waals surface area contributed by atoms with Crippen molar-refractivity contribution in [2.45, 2.75) is 33.2 Å². The van der Waals surface area contributed by atoms with E-state index < -0.39 is 11.7 Å². The quantitative estimate of drug-likeness (QED) is 0.429. The van der Waals surface area contributed by atoms with Gasteiger partial charge >= 0.3 is 0 Å². The molecule has 0 aliphatic carbocycles.